The number of rotatable bonds is 4. The van der Waals surface area contributed by atoms with Crippen LogP contribution in [0.4, 0.5) is 16.5 Å². The Balaban J connectivity index is 1.49. The SMILES string of the molecule is Clc1cc(Nc2nc(-c3cccnc3)cs2)ccc1N1CCOCC1. The smallest absolute Gasteiger partial charge is 0.187 e. The van der Waals surface area contributed by atoms with Gasteiger partial charge in [0, 0.05) is 42.1 Å². The van der Waals surface area contributed by atoms with E-state index in [1.54, 1.807) is 17.5 Å². The van der Waals surface area contributed by atoms with Crippen molar-refractivity contribution in [2.24, 2.45) is 0 Å². The Morgan fingerprint density at radius 3 is 2.84 bits per heavy atom. The lowest BCUT2D eigenvalue weighted by Gasteiger charge is -2.29. The van der Waals surface area contributed by atoms with Gasteiger partial charge in [-0.05, 0) is 30.3 Å². The van der Waals surface area contributed by atoms with Gasteiger partial charge < -0.3 is 15.0 Å². The van der Waals surface area contributed by atoms with Crippen molar-refractivity contribution in [1.82, 2.24) is 9.97 Å². The number of benzene rings is 1. The van der Waals surface area contributed by atoms with E-state index in [2.05, 4.69) is 20.2 Å². The molecule has 5 nitrogen and oxygen atoms in total. The van der Waals surface area contributed by atoms with E-state index < -0.39 is 0 Å². The third-order valence-corrected chi connectivity index (χ3v) is 5.07. The van der Waals surface area contributed by atoms with E-state index in [9.17, 15) is 0 Å². The van der Waals surface area contributed by atoms with Gasteiger partial charge in [-0.25, -0.2) is 4.98 Å². The van der Waals surface area contributed by atoms with Crippen molar-refractivity contribution in [3.05, 3.63) is 53.1 Å². The summed E-state index contributed by atoms with van der Waals surface area (Å²) in [6.07, 6.45) is 3.57. The van der Waals surface area contributed by atoms with Crippen LogP contribution >= 0.6 is 22.9 Å². The van der Waals surface area contributed by atoms with Gasteiger partial charge in [0.2, 0.25) is 0 Å². The summed E-state index contributed by atoms with van der Waals surface area (Å²) in [7, 11) is 0. The highest BCUT2D eigenvalue weighted by molar-refractivity contribution is 7.14. The quantitative estimate of drug-likeness (QED) is 0.733. The van der Waals surface area contributed by atoms with Gasteiger partial charge >= 0.3 is 0 Å². The van der Waals surface area contributed by atoms with Crippen LogP contribution in [-0.2, 0) is 4.74 Å². The molecule has 4 rings (SSSR count). The number of anilines is 3. The monoisotopic (exact) mass is 372 g/mol. The van der Waals surface area contributed by atoms with Crippen molar-refractivity contribution in [3.63, 3.8) is 0 Å². The molecule has 1 aromatic carbocycles. The van der Waals surface area contributed by atoms with Crippen molar-refractivity contribution in [1.29, 1.82) is 0 Å². The van der Waals surface area contributed by atoms with E-state index in [-0.39, 0.29) is 0 Å². The molecule has 1 aliphatic rings. The largest absolute Gasteiger partial charge is 0.378 e. The fourth-order valence-corrected chi connectivity index (χ4v) is 3.79. The van der Waals surface area contributed by atoms with E-state index in [0.717, 1.165) is 59.1 Å². The van der Waals surface area contributed by atoms with E-state index in [4.69, 9.17) is 16.3 Å². The molecule has 0 aliphatic carbocycles. The predicted molar refractivity (Wildman–Crippen MR) is 103 cm³/mol. The molecular formula is C18H17ClN4OS. The summed E-state index contributed by atoms with van der Waals surface area (Å²) in [5, 5.41) is 6.90. The second-order valence-electron chi connectivity index (χ2n) is 5.67. The molecule has 0 radical (unpaired) electrons. The minimum Gasteiger partial charge on any atom is -0.378 e. The fraction of sp³-hybridized carbons (Fsp3) is 0.222. The van der Waals surface area contributed by atoms with Crippen molar-refractivity contribution in [3.8, 4) is 11.3 Å². The summed E-state index contributed by atoms with van der Waals surface area (Å²) < 4.78 is 5.39. The van der Waals surface area contributed by atoms with E-state index in [1.165, 1.54) is 0 Å². The number of nitrogens with zero attached hydrogens (tertiary/aromatic N) is 3. The van der Waals surface area contributed by atoms with Gasteiger partial charge in [-0.1, -0.05) is 11.6 Å². The number of nitrogens with one attached hydrogen (secondary N) is 1. The number of hydrogen-bond acceptors (Lipinski definition) is 6. The highest BCUT2D eigenvalue weighted by Crippen LogP contribution is 2.32. The highest BCUT2D eigenvalue weighted by atomic mass is 35.5. The van der Waals surface area contributed by atoms with Crippen LogP contribution in [0, 0.1) is 0 Å². The summed E-state index contributed by atoms with van der Waals surface area (Å²) in [5.41, 5.74) is 3.89. The molecule has 7 heteroatoms. The van der Waals surface area contributed by atoms with Gasteiger partial charge in [-0.15, -0.1) is 11.3 Å². The Bertz CT molecular complexity index is 849. The molecule has 1 aliphatic heterocycles. The average Bonchev–Trinajstić information content (AvgIpc) is 3.12. The number of halogens is 1. The molecule has 1 N–H and O–H groups in total. The number of morpholine rings is 1. The van der Waals surface area contributed by atoms with Crippen LogP contribution in [0.25, 0.3) is 11.3 Å². The molecule has 0 spiro atoms. The standard InChI is InChI=1S/C18H17ClN4OS/c19-15-10-14(3-4-17(15)23-6-8-24-9-7-23)21-18-22-16(12-25-18)13-2-1-5-20-11-13/h1-5,10-12H,6-9H2,(H,21,22). The van der Waals surface area contributed by atoms with Crippen LogP contribution in [0.15, 0.2) is 48.1 Å². The van der Waals surface area contributed by atoms with Gasteiger partial charge in [0.25, 0.3) is 0 Å². The van der Waals surface area contributed by atoms with E-state index in [1.807, 2.05) is 41.9 Å². The summed E-state index contributed by atoms with van der Waals surface area (Å²) >= 11 is 8.04. The molecule has 1 saturated heterocycles. The minimum absolute atomic E-state index is 0.732. The summed E-state index contributed by atoms with van der Waals surface area (Å²) in [4.78, 5) is 11.0. The van der Waals surface area contributed by atoms with Gasteiger partial charge in [0.1, 0.15) is 0 Å². The van der Waals surface area contributed by atoms with Crippen LogP contribution < -0.4 is 10.2 Å². The van der Waals surface area contributed by atoms with Crippen LogP contribution in [0.1, 0.15) is 0 Å². The van der Waals surface area contributed by atoms with Crippen LogP contribution in [0.2, 0.25) is 5.02 Å². The second-order valence-corrected chi connectivity index (χ2v) is 6.94. The van der Waals surface area contributed by atoms with Crippen molar-refractivity contribution in [2.45, 2.75) is 0 Å². The predicted octanol–water partition coefficient (Wildman–Crippen LogP) is 4.44. The number of thiazole rings is 1. The maximum absolute atomic E-state index is 6.48. The molecule has 2 aromatic heterocycles. The third-order valence-electron chi connectivity index (χ3n) is 4.01. The lowest BCUT2D eigenvalue weighted by molar-refractivity contribution is 0.122. The topological polar surface area (TPSA) is 50.3 Å². The number of hydrogen-bond donors (Lipinski definition) is 1. The van der Waals surface area contributed by atoms with Crippen molar-refractivity contribution < 1.29 is 4.74 Å². The van der Waals surface area contributed by atoms with Crippen LogP contribution in [-0.4, -0.2) is 36.3 Å². The maximum atomic E-state index is 6.48. The molecule has 1 fully saturated rings. The zero-order valence-electron chi connectivity index (χ0n) is 13.5. The van der Waals surface area contributed by atoms with E-state index in [0.29, 0.717) is 0 Å². The van der Waals surface area contributed by atoms with Gasteiger partial charge in [-0.2, -0.15) is 0 Å². The molecule has 25 heavy (non-hydrogen) atoms. The molecule has 0 bridgehead atoms. The van der Waals surface area contributed by atoms with Crippen molar-refractivity contribution >= 4 is 39.4 Å². The number of pyridine rings is 1. The Hall–Kier alpha value is -2.15. The first-order valence-electron chi connectivity index (χ1n) is 8.05. The zero-order chi connectivity index (χ0) is 17.1. The molecule has 3 aromatic rings. The van der Waals surface area contributed by atoms with Gasteiger partial charge in [0.15, 0.2) is 5.13 Å². The Kier molecular flexibility index (Phi) is 4.83. The lowest BCUT2D eigenvalue weighted by Crippen LogP contribution is -2.36. The summed E-state index contributed by atoms with van der Waals surface area (Å²) in [6.45, 7) is 3.22. The zero-order valence-corrected chi connectivity index (χ0v) is 15.1. The molecular weight excluding hydrogens is 356 g/mol. The first kappa shape index (κ1) is 16.3. The normalized spacial score (nSPS) is 14.5. The van der Waals surface area contributed by atoms with Gasteiger partial charge in [0.05, 0.1) is 29.6 Å². The molecule has 0 unspecified atom stereocenters. The summed E-state index contributed by atoms with van der Waals surface area (Å²) in [5.74, 6) is 0. The van der Waals surface area contributed by atoms with Crippen LogP contribution in [0.5, 0.6) is 0 Å². The van der Waals surface area contributed by atoms with Crippen LogP contribution in [0.3, 0.4) is 0 Å². The molecule has 128 valence electrons. The third kappa shape index (κ3) is 3.76. The lowest BCUT2D eigenvalue weighted by atomic mass is 10.2. The summed E-state index contributed by atoms with van der Waals surface area (Å²) in [6, 6.07) is 9.93. The van der Waals surface area contributed by atoms with Crippen molar-refractivity contribution in [2.75, 3.05) is 36.5 Å². The second kappa shape index (κ2) is 7.39. The first-order valence-corrected chi connectivity index (χ1v) is 9.30. The maximum Gasteiger partial charge on any atom is 0.187 e. The molecule has 0 amide bonds. The molecule has 0 saturated carbocycles. The van der Waals surface area contributed by atoms with E-state index >= 15 is 0 Å². The first-order chi connectivity index (χ1) is 12.3. The fourth-order valence-electron chi connectivity index (χ4n) is 2.75. The molecule has 0 atom stereocenters. The Labute approximate surface area is 155 Å². The van der Waals surface area contributed by atoms with Gasteiger partial charge in [-0.3, -0.25) is 4.98 Å². The number of aromatic nitrogens is 2. The molecule has 3 heterocycles. The highest BCUT2D eigenvalue weighted by Gasteiger charge is 2.14. The Morgan fingerprint density at radius 1 is 1.20 bits per heavy atom. The number of ether oxygens (including phenoxy) is 1. The average molecular weight is 373 g/mol. The Morgan fingerprint density at radius 2 is 2.08 bits per heavy atom. The minimum atomic E-state index is 0.732.